The van der Waals surface area contributed by atoms with E-state index in [1.54, 1.807) is 12.1 Å². The first kappa shape index (κ1) is 14.8. The van der Waals surface area contributed by atoms with Crippen LogP contribution in [0.25, 0.3) is 0 Å². The summed E-state index contributed by atoms with van der Waals surface area (Å²) in [6, 6.07) is 24.1. The van der Waals surface area contributed by atoms with E-state index in [2.05, 4.69) is 60.5 Å². The van der Waals surface area contributed by atoms with Crippen molar-refractivity contribution in [1.29, 1.82) is 0 Å². The van der Waals surface area contributed by atoms with E-state index in [-0.39, 0.29) is 10.9 Å². The number of benzene rings is 3. The number of rotatable bonds is 2. The normalized spacial score (nSPS) is 13.3. The highest BCUT2D eigenvalue weighted by molar-refractivity contribution is 7.97. The van der Waals surface area contributed by atoms with E-state index in [1.165, 1.54) is 21.2 Å². The number of nitrogens with zero attached hydrogens (tertiary/aromatic N) is 1. The van der Waals surface area contributed by atoms with E-state index in [0.29, 0.717) is 5.56 Å². The first-order valence-electron chi connectivity index (χ1n) is 7.66. The molecule has 1 aliphatic heterocycles. The molecule has 3 aromatic rings. The highest BCUT2D eigenvalue weighted by atomic mass is 32.2. The van der Waals surface area contributed by atoms with Gasteiger partial charge in [-0.05, 0) is 48.5 Å². The zero-order valence-corrected chi connectivity index (χ0v) is 14.0. The van der Waals surface area contributed by atoms with Gasteiger partial charge in [0, 0.05) is 7.05 Å². The van der Waals surface area contributed by atoms with Crippen molar-refractivity contribution < 1.29 is 9.90 Å². The molecule has 4 heteroatoms. The van der Waals surface area contributed by atoms with Gasteiger partial charge in [0.2, 0.25) is 0 Å². The monoisotopic (exact) mass is 334 g/mol. The van der Waals surface area contributed by atoms with Gasteiger partial charge in [-0.3, -0.25) is 0 Å². The molecule has 0 spiro atoms. The number of carbonyl (C=O) groups is 1. The quantitative estimate of drug-likeness (QED) is 0.698. The smallest absolute Gasteiger partial charge is 0.335 e. The Bertz CT molecular complexity index is 873. The molecular formula is C20H16NO2S+. The number of hydrogen-bond acceptors (Lipinski definition) is 2. The molecule has 3 aromatic carbocycles. The summed E-state index contributed by atoms with van der Waals surface area (Å²) < 4.78 is 0. The molecule has 0 radical (unpaired) electrons. The summed E-state index contributed by atoms with van der Waals surface area (Å²) in [5.41, 5.74) is 2.71. The van der Waals surface area contributed by atoms with Crippen LogP contribution < -0.4 is 4.90 Å². The number of anilines is 2. The summed E-state index contributed by atoms with van der Waals surface area (Å²) in [5, 5.41) is 9.13. The summed E-state index contributed by atoms with van der Waals surface area (Å²) >= 11 is 0. The number of carboxylic acid groups (broad SMARTS) is 1. The minimum Gasteiger partial charge on any atom is -0.478 e. The summed E-state index contributed by atoms with van der Waals surface area (Å²) in [6.45, 7) is 0. The van der Waals surface area contributed by atoms with Gasteiger partial charge in [0.15, 0.2) is 14.7 Å². The van der Waals surface area contributed by atoms with Crippen molar-refractivity contribution >= 4 is 28.2 Å². The Balaban J connectivity index is 1.92. The Kier molecular flexibility index (Phi) is 3.54. The molecule has 1 N–H and O–H groups in total. The Morgan fingerprint density at radius 3 is 1.83 bits per heavy atom. The molecule has 0 unspecified atom stereocenters. The zero-order chi connectivity index (χ0) is 16.7. The third kappa shape index (κ3) is 2.27. The maximum absolute atomic E-state index is 11.1. The molecule has 0 aromatic heterocycles. The SMILES string of the molecule is CN1c2ccccc2[S+](c2ccc(C(=O)O)cc2)c2ccccc21. The van der Waals surface area contributed by atoms with E-state index >= 15 is 0 Å². The van der Waals surface area contributed by atoms with Crippen molar-refractivity contribution in [3.8, 4) is 0 Å². The van der Waals surface area contributed by atoms with E-state index in [1.807, 2.05) is 12.1 Å². The van der Waals surface area contributed by atoms with Crippen LogP contribution in [0, 0.1) is 0 Å². The lowest BCUT2D eigenvalue weighted by molar-refractivity contribution is 0.0697. The minimum absolute atomic E-state index is 0.235. The maximum atomic E-state index is 11.1. The van der Waals surface area contributed by atoms with Crippen LogP contribution in [0.1, 0.15) is 10.4 Å². The minimum atomic E-state index is -0.894. The molecule has 0 bridgehead atoms. The van der Waals surface area contributed by atoms with E-state index < -0.39 is 5.97 Å². The average molecular weight is 334 g/mol. The maximum Gasteiger partial charge on any atom is 0.335 e. The molecule has 0 amide bonds. The zero-order valence-electron chi connectivity index (χ0n) is 13.1. The predicted octanol–water partition coefficient (Wildman–Crippen LogP) is 4.56. The van der Waals surface area contributed by atoms with E-state index in [0.717, 1.165) is 4.90 Å². The summed E-state index contributed by atoms with van der Waals surface area (Å²) in [7, 11) is 1.85. The fourth-order valence-electron chi connectivity index (χ4n) is 3.05. The van der Waals surface area contributed by atoms with Crippen molar-refractivity contribution in [3.05, 3.63) is 78.4 Å². The molecule has 0 atom stereocenters. The first-order valence-corrected chi connectivity index (χ1v) is 8.89. The molecule has 1 heterocycles. The van der Waals surface area contributed by atoms with Crippen molar-refractivity contribution in [2.24, 2.45) is 0 Å². The van der Waals surface area contributed by atoms with Crippen LogP contribution in [0.4, 0.5) is 11.4 Å². The molecular weight excluding hydrogens is 318 g/mol. The van der Waals surface area contributed by atoms with Gasteiger partial charge in [0.05, 0.1) is 16.9 Å². The van der Waals surface area contributed by atoms with Crippen LogP contribution >= 0.6 is 0 Å². The second-order valence-electron chi connectivity index (χ2n) is 5.63. The number of para-hydroxylation sites is 2. The second kappa shape index (κ2) is 5.73. The number of fused-ring (bicyclic) bond motifs is 2. The Labute approximate surface area is 143 Å². The van der Waals surface area contributed by atoms with Gasteiger partial charge in [-0.1, -0.05) is 24.3 Å². The predicted molar refractivity (Wildman–Crippen MR) is 96.5 cm³/mol. The lowest BCUT2D eigenvalue weighted by Crippen LogP contribution is -2.22. The van der Waals surface area contributed by atoms with Gasteiger partial charge in [-0.15, -0.1) is 0 Å². The topological polar surface area (TPSA) is 40.5 Å². The molecule has 1 aliphatic rings. The fourth-order valence-corrected chi connectivity index (χ4v) is 5.46. The van der Waals surface area contributed by atoms with Crippen LogP contribution in [0.15, 0.2) is 87.5 Å². The highest BCUT2D eigenvalue weighted by Crippen LogP contribution is 2.46. The van der Waals surface area contributed by atoms with Gasteiger partial charge in [0.1, 0.15) is 10.9 Å². The summed E-state index contributed by atoms with van der Waals surface area (Å²) in [4.78, 5) is 17.0. The van der Waals surface area contributed by atoms with Crippen LogP contribution in [0.3, 0.4) is 0 Å². The Morgan fingerprint density at radius 2 is 1.33 bits per heavy atom. The van der Waals surface area contributed by atoms with Crippen molar-refractivity contribution in [3.63, 3.8) is 0 Å². The third-order valence-corrected chi connectivity index (χ3v) is 6.54. The summed E-state index contributed by atoms with van der Waals surface area (Å²) in [6.07, 6.45) is 0. The molecule has 24 heavy (non-hydrogen) atoms. The van der Waals surface area contributed by atoms with Crippen LogP contribution in [-0.4, -0.2) is 18.1 Å². The van der Waals surface area contributed by atoms with Gasteiger partial charge >= 0.3 is 5.97 Å². The van der Waals surface area contributed by atoms with Gasteiger partial charge in [0.25, 0.3) is 0 Å². The molecule has 3 nitrogen and oxygen atoms in total. The molecule has 0 saturated heterocycles. The van der Waals surface area contributed by atoms with Gasteiger partial charge < -0.3 is 10.0 Å². The number of carboxylic acids is 1. The van der Waals surface area contributed by atoms with Crippen LogP contribution in [0.5, 0.6) is 0 Å². The lowest BCUT2D eigenvalue weighted by atomic mass is 10.2. The van der Waals surface area contributed by atoms with Crippen molar-refractivity contribution in [1.82, 2.24) is 0 Å². The Morgan fingerprint density at radius 1 is 0.833 bits per heavy atom. The third-order valence-electron chi connectivity index (χ3n) is 4.23. The first-order chi connectivity index (χ1) is 11.7. The molecule has 0 saturated carbocycles. The van der Waals surface area contributed by atoms with Crippen LogP contribution in [-0.2, 0) is 10.9 Å². The van der Waals surface area contributed by atoms with E-state index in [4.69, 9.17) is 5.11 Å². The number of hydrogen-bond donors (Lipinski definition) is 1. The summed E-state index contributed by atoms with van der Waals surface area (Å²) in [5.74, 6) is -0.894. The second-order valence-corrected chi connectivity index (χ2v) is 7.59. The highest BCUT2D eigenvalue weighted by Gasteiger charge is 2.39. The van der Waals surface area contributed by atoms with E-state index in [9.17, 15) is 4.79 Å². The average Bonchev–Trinajstić information content (AvgIpc) is 2.62. The van der Waals surface area contributed by atoms with Gasteiger partial charge in [-0.2, -0.15) is 0 Å². The number of aromatic carboxylic acids is 1. The van der Waals surface area contributed by atoms with Crippen molar-refractivity contribution in [2.75, 3.05) is 11.9 Å². The molecule has 118 valence electrons. The Hall–Kier alpha value is -2.72. The largest absolute Gasteiger partial charge is 0.478 e. The van der Waals surface area contributed by atoms with Gasteiger partial charge in [-0.25, -0.2) is 4.79 Å². The standard InChI is InChI=1S/C20H15NO2S/c1-21-16-6-2-4-8-18(16)24(19-9-5-3-7-17(19)21)15-12-10-14(11-13-15)20(22)23/h2-13H,1H3/p+1. The molecule has 4 rings (SSSR count). The van der Waals surface area contributed by atoms with Crippen LogP contribution in [0.2, 0.25) is 0 Å². The molecule has 0 aliphatic carbocycles. The van der Waals surface area contributed by atoms with Crippen molar-refractivity contribution in [2.45, 2.75) is 14.7 Å². The lowest BCUT2D eigenvalue weighted by Gasteiger charge is -2.28. The molecule has 0 fully saturated rings. The fraction of sp³-hybridized carbons (Fsp3) is 0.0500.